The molecule has 0 saturated heterocycles. The van der Waals surface area contributed by atoms with E-state index in [9.17, 15) is 0 Å². The first-order valence-corrected chi connectivity index (χ1v) is 3.58. The molecule has 0 bridgehead atoms. The molecule has 0 aliphatic heterocycles. The van der Waals surface area contributed by atoms with Crippen molar-refractivity contribution in [1.29, 1.82) is 0 Å². The zero-order valence-electron chi connectivity index (χ0n) is 4.93. The Bertz CT molecular complexity index is 154. The minimum Gasteiger partial charge on any atom is -0.327 e. The van der Waals surface area contributed by atoms with Crippen LogP contribution in [0.15, 0.2) is 0 Å². The zero-order chi connectivity index (χ0) is 5.35. The van der Waals surface area contributed by atoms with E-state index in [0.29, 0.717) is 6.04 Å². The molecule has 44 valence electrons. The first-order valence-electron chi connectivity index (χ1n) is 3.58. The average molecular weight is 109 g/mol. The highest BCUT2D eigenvalue weighted by Crippen LogP contribution is 2.81. The second kappa shape index (κ2) is 0.766. The fourth-order valence-corrected chi connectivity index (χ4v) is 2.84. The number of nitrogens with two attached hydrogens (primary N) is 1. The summed E-state index contributed by atoms with van der Waals surface area (Å²) in [5.74, 6) is 2.06. The molecule has 1 heteroatoms. The van der Waals surface area contributed by atoms with Gasteiger partial charge in [0.15, 0.2) is 0 Å². The second-order valence-corrected chi connectivity index (χ2v) is 3.84. The Balaban J connectivity index is 2.02. The van der Waals surface area contributed by atoms with Gasteiger partial charge in [-0.1, -0.05) is 0 Å². The average Bonchev–Trinajstić information content (AvgIpc) is 2.51. The highest BCUT2D eigenvalue weighted by Gasteiger charge is 2.75. The molecule has 3 unspecified atom stereocenters. The summed E-state index contributed by atoms with van der Waals surface area (Å²) in [5.41, 5.74) is 6.71. The molecule has 0 heterocycles. The van der Waals surface area contributed by atoms with Crippen molar-refractivity contribution < 1.29 is 0 Å². The smallest absolute Gasteiger partial charge is 0.00756 e. The Labute approximate surface area is 49.3 Å². The molecule has 4 atom stereocenters. The van der Waals surface area contributed by atoms with Gasteiger partial charge >= 0.3 is 0 Å². The van der Waals surface area contributed by atoms with Gasteiger partial charge in [-0.2, -0.15) is 0 Å². The van der Waals surface area contributed by atoms with E-state index in [0.717, 1.165) is 17.3 Å². The molecular weight excluding hydrogens is 98.1 g/mol. The lowest BCUT2D eigenvalue weighted by molar-refractivity contribution is 0.564. The number of hydrogen-bond acceptors (Lipinski definition) is 1. The SMILES string of the molecule is NC1C[C@@H]2CC23CC13. The van der Waals surface area contributed by atoms with E-state index in [4.69, 9.17) is 5.73 Å². The second-order valence-electron chi connectivity index (χ2n) is 3.84. The third-order valence-electron chi connectivity index (χ3n) is 3.53. The van der Waals surface area contributed by atoms with Crippen LogP contribution in [0.2, 0.25) is 0 Å². The van der Waals surface area contributed by atoms with Gasteiger partial charge in [-0.15, -0.1) is 0 Å². The normalized spacial score (nSPS) is 73.9. The first kappa shape index (κ1) is 3.89. The maximum atomic E-state index is 5.84. The number of hydrogen-bond donors (Lipinski definition) is 1. The van der Waals surface area contributed by atoms with Crippen molar-refractivity contribution in [3.8, 4) is 0 Å². The van der Waals surface area contributed by atoms with Gasteiger partial charge in [0.05, 0.1) is 0 Å². The molecule has 0 radical (unpaired) electrons. The zero-order valence-corrected chi connectivity index (χ0v) is 4.93. The van der Waals surface area contributed by atoms with E-state index < -0.39 is 0 Å². The van der Waals surface area contributed by atoms with Crippen LogP contribution in [0.5, 0.6) is 0 Å². The Kier molecular flexibility index (Phi) is 0.372. The van der Waals surface area contributed by atoms with Gasteiger partial charge in [-0.3, -0.25) is 0 Å². The molecule has 3 rings (SSSR count). The van der Waals surface area contributed by atoms with E-state index in [1.165, 1.54) is 19.3 Å². The summed E-state index contributed by atoms with van der Waals surface area (Å²) in [6.45, 7) is 0. The van der Waals surface area contributed by atoms with E-state index in [1.54, 1.807) is 0 Å². The summed E-state index contributed by atoms with van der Waals surface area (Å²) in [6, 6.07) is 0.605. The molecule has 3 aliphatic carbocycles. The fraction of sp³-hybridized carbons (Fsp3) is 1.00. The van der Waals surface area contributed by atoms with Crippen molar-refractivity contribution in [2.75, 3.05) is 0 Å². The van der Waals surface area contributed by atoms with Crippen LogP contribution in [0.1, 0.15) is 19.3 Å². The Hall–Kier alpha value is -0.0400. The molecule has 0 aromatic rings. The molecule has 2 N–H and O–H groups in total. The van der Waals surface area contributed by atoms with Crippen LogP contribution in [0.3, 0.4) is 0 Å². The summed E-state index contributed by atoms with van der Waals surface area (Å²) in [6.07, 6.45) is 4.37. The topological polar surface area (TPSA) is 26.0 Å². The summed E-state index contributed by atoms with van der Waals surface area (Å²) >= 11 is 0. The lowest BCUT2D eigenvalue weighted by atomic mass is 10.1. The lowest BCUT2D eigenvalue weighted by Gasteiger charge is -2.02. The van der Waals surface area contributed by atoms with Crippen LogP contribution >= 0.6 is 0 Å². The monoisotopic (exact) mass is 109 g/mol. The standard InChI is InChI=1S/C7H11N/c8-6-1-4-2-7(4)3-5(6)7/h4-6H,1-3,8H2/t4-,5?,6?,7?/m1/s1. The minimum atomic E-state index is 0.605. The van der Waals surface area contributed by atoms with Crippen molar-refractivity contribution in [3.63, 3.8) is 0 Å². The molecular formula is C7H11N. The van der Waals surface area contributed by atoms with Crippen LogP contribution in [-0.2, 0) is 0 Å². The molecule has 1 nitrogen and oxygen atoms in total. The van der Waals surface area contributed by atoms with Crippen LogP contribution in [0.4, 0.5) is 0 Å². The molecule has 0 aromatic heterocycles. The summed E-state index contributed by atoms with van der Waals surface area (Å²) in [5, 5.41) is 0. The van der Waals surface area contributed by atoms with Crippen molar-refractivity contribution >= 4 is 0 Å². The predicted molar refractivity (Wildman–Crippen MR) is 31.2 cm³/mol. The van der Waals surface area contributed by atoms with Crippen LogP contribution < -0.4 is 5.73 Å². The van der Waals surface area contributed by atoms with Crippen molar-refractivity contribution in [1.82, 2.24) is 0 Å². The van der Waals surface area contributed by atoms with Gasteiger partial charge in [-0.25, -0.2) is 0 Å². The lowest BCUT2D eigenvalue weighted by Crippen LogP contribution is -2.20. The molecule has 0 aromatic carbocycles. The quantitative estimate of drug-likeness (QED) is 0.488. The predicted octanol–water partition coefficient (Wildman–Crippen LogP) is 0.744. The van der Waals surface area contributed by atoms with Gasteiger partial charge in [0, 0.05) is 6.04 Å². The maximum absolute atomic E-state index is 5.84. The van der Waals surface area contributed by atoms with Gasteiger partial charge in [-0.05, 0) is 36.5 Å². The highest BCUT2D eigenvalue weighted by atomic mass is 14.9. The van der Waals surface area contributed by atoms with Crippen molar-refractivity contribution in [3.05, 3.63) is 0 Å². The van der Waals surface area contributed by atoms with Crippen LogP contribution in [0, 0.1) is 17.3 Å². The molecule has 8 heavy (non-hydrogen) atoms. The van der Waals surface area contributed by atoms with Crippen molar-refractivity contribution in [2.45, 2.75) is 25.3 Å². The Morgan fingerprint density at radius 3 is 2.50 bits per heavy atom. The van der Waals surface area contributed by atoms with Gasteiger partial charge in [0.25, 0.3) is 0 Å². The van der Waals surface area contributed by atoms with Gasteiger partial charge < -0.3 is 5.73 Å². The molecule has 1 spiro atoms. The Morgan fingerprint density at radius 2 is 2.25 bits per heavy atom. The summed E-state index contributed by atoms with van der Waals surface area (Å²) < 4.78 is 0. The van der Waals surface area contributed by atoms with Crippen LogP contribution in [-0.4, -0.2) is 6.04 Å². The summed E-state index contributed by atoms with van der Waals surface area (Å²) in [4.78, 5) is 0. The van der Waals surface area contributed by atoms with Gasteiger partial charge in [0.1, 0.15) is 0 Å². The third-order valence-corrected chi connectivity index (χ3v) is 3.53. The first-order chi connectivity index (χ1) is 3.83. The van der Waals surface area contributed by atoms with Gasteiger partial charge in [0.2, 0.25) is 0 Å². The molecule has 3 fully saturated rings. The highest BCUT2D eigenvalue weighted by molar-refractivity contribution is 5.26. The minimum absolute atomic E-state index is 0.605. The van der Waals surface area contributed by atoms with E-state index in [-0.39, 0.29) is 0 Å². The fourth-order valence-electron chi connectivity index (χ4n) is 2.84. The molecule has 0 amide bonds. The maximum Gasteiger partial charge on any atom is 0.00756 e. The van der Waals surface area contributed by atoms with E-state index in [2.05, 4.69) is 0 Å². The third kappa shape index (κ3) is 0.218. The molecule has 3 saturated carbocycles. The molecule has 3 aliphatic rings. The Morgan fingerprint density at radius 1 is 1.38 bits per heavy atom. The van der Waals surface area contributed by atoms with Crippen LogP contribution in [0.25, 0.3) is 0 Å². The number of rotatable bonds is 0. The van der Waals surface area contributed by atoms with E-state index in [1.807, 2.05) is 0 Å². The summed E-state index contributed by atoms with van der Waals surface area (Å²) in [7, 11) is 0. The largest absolute Gasteiger partial charge is 0.327 e. The van der Waals surface area contributed by atoms with Crippen molar-refractivity contribution in [2.24, 2.45) is 23.0 Å². The van der Waals surface area contributed by atoms with E-state index >= 15 is 0 Å².